The SMILES string of the molecule is CN(C)c1ccc(N2C(=S)N[C@@H](c3ccccn3)[C@@H]2c2ccn(C3CCCCC3)c2)cc1. The Balaban J connectivity index is 1.53. The highest BCUT2D eigenvalue weighted by Crippen LogP contribution is 2.42. The van der Waals surface area contributed by atoms with E-state index in [1.807, 2.05) is 18.3 Å². The third-order valence-electron chi connectivity index (χ3n) is 6.82. The third-order valence-corrected chi connectivity index (χ3v) is 7.13. The minimum absolute atomic E-state index is 0.000527. The Morgan fingerprint density at radius 3 is 2.47 bits per heavy atom. The number of hydrogen-bond acceptors (Lipinski definition) is 3. The first-order valence-electron chi connectivity index (χ1n) is 11.6. The summed E-state index contributed by atoms with van der Waals surface area (Å²) in [6, 6.07) is 17.6. The van der Waals surface area contributed by atoms with Gasteiger partial charge in [0.1, 0.15) is 0 Å². The first-order chi connectivity index (χ1) is 15.6. The van der Waals surface area contributed by atoms with Gasteiger partial charge in [0.05, 0.1) is 17.8 Å². The van der Waals surface area contributed by atoms with Crippen molar-refractivity contribution in [1.82, 2.24) is 14.9 Å². The number of pyridine rings is 1. The Kier molecular flexibility index (Phi) is 5.87. The van der Waals surface area contributed by atoms with Gasteiger partial charge in [-0.1, -0.05) is 25.3 Å². The maximum absolute atomic E-state index is 5.86. The van der Waals surface area contributed by atoms with Gasteiger partial charge in [0, 0.05) is 50.1 Å². The topological polar surface area (TPSA) is 36.3 Å². The van der Waals surface area contributed by atoms with E-state index in [1.165, 1.54) is 43.4 Å². The van der Waals surface area contributed by atoms with E-state index >= 15 is 0 Å². The Labute approximate surface area is 196 Å². The first-order valence-corrected chi connectivity index (χ1v) is 12.0. The zero-order valence-corrected chi connectivity index (χ0v) is 19.6. The van der Waals surface area contributed by atoms with Gasteiger partial charge in [0.2, 0.25) is 0 Å². The summed E-state index contributed by atoms with van der Waals surface area (Å²) < 4.78 is 2.43. The molecule has 1 aliphatic carbocycles. The van der Waals surface area contributed by atoms with Gasteiger partial charge in [-0.15, -0.1) is 0 Å². The van der Waals surface area contributed by atoms with Crippen molar-refractivity contribution in [2.24, 2.45) is 0 Å². The average Bonchev–Trinajstić information content (AvgIpc) is 3.45. The molecule has 3 aromatic rings. The van der Waals surface area contributed by atoms with Crippen LogP contribution >= 0.6 is 12.2 Å². The van der Waals surface area contributed by atoms with E-state index in [0.29, 0.717) is 6.04 Å². The minimum atomic E-state index is -0.000527. The molecule has 0 amide bonds. The summed E-state index contributed by atoms with van der Waals surface area (Å²) >= 11 is 5.86. The molecule has 2 atom stereocenters. The van der Waals surface area contributed by atoms with E-state index in [2.05, 4.69) is 87.6 Å². The molecule has 32 heavy (non-hydrogen) atoms. The van der Waals surface area contributed by atoms with Crippen molar-refractivity contribution in [3.05, 3.63) is 78.4 Å². The van der Waals surface area contributed by atoms with Crippen molar-refractivity contribution in [3.8, 4) is 0 Å². The number of nitrogens with zero attached hydrogens (tertiary/aromatic N) is 4. The van der Waals surface area contributed by atoms with Crippen molar-refractivity contribution < 1.29 is 0 Å². The Morgan fingerprint density at radius 2 is 1.78 bits per heavy atom. The molecule has 1 aliphatic heterocycles. The number of aromatic nitrogens is 2. The van der Waals surface area contributed by atoms with Gasteiger partial charge >= 0.3 is 0 Å². The van der Waals surface area contributed by atoms with Crippen LogP contribution < -0.4 is 15.1 Å². The van der Waals surface area contributed by atoms with Crippen molar-refractivity contribution >= 4 is 28.7 Å². The summed E-state index contributed by atoms with van der Waals surface area (Å²) in [4.78, 5) is 9.04. The first kappa shape index (κ1) is 21.0. The lowest BCUT2D eigenvalue weighted by Gasteiger charge is -2.28. The second kappa shape index (κ2) is 8.94. The molecule has 166 valence electrons. The molecule has 2 aromatic heterocycles. The van der Waals surface area contributed by atoms with E-state index in [4.69, 9.17) is 12.2 Å². The summed E-state index contributed by atoms with van der Waals surface area (Å²) in [6.07, 6.45) is 13.0. The number of benzene rings is 1. The number of rotatable bonds is 5. The Morgan fingerprint density at radius 1 is 1.00 bits per heavy atom. The van der Waals surface area contributed by atoms with Gasteiger partial charge in [-0.3, -0.25) is 4.98 Å². The molecule has 5 nitrogen and oxygen atoms in total. The Hall–Kier alpha value is -2.86. The van der Waals surface area contributed by atoms with Crippen molar-refractivity contribution in [1.29, 1.82) is 0 Å². The predicted octanol–water partition coefficient (Wildman–Crippen LogP) is 5.63. The lowest BCUT2D eigenvalue weighted by Crippen LogP contribution is -2.29. The van der Waals surface area contributed by atoms with Gasteiger partial charge in [-0.25, -0.2) is 0 Å². The molecule has 3 heterocycles. The maximum Gasteiger partial charge on any atom is 0.174 e. The summed E-state index contributed by atoms with van der Waals surface area (Å²) in [6.45, 7) is 0. The quantitative estimate of drug-likeness (QED) is 0.515. The largest absolute Gasteiger partial charge is 0.378 e. The zero-order chi connectivity index (χ0) is 22.1. The molecule has 1 N–H and O–H groups in total. The van der Waals surface area contributed by atoms with Crippen LogP contribution in [0.1, 0.15) is 61.5 Å². The molecule has 0 unspecified atom stereocenters. The second-order valence-corrected chi connectivity index (χ2v) is 9.48. The van der Waals surface area contributed by atoms with Crippen LogP contribution in [0.25, 0.3) is 0 Å². The van der Waals surface area contributed by atoms with E-state index in [9.17, 15) is 0 Å². The predicted molar refractivity (Wildman–Crippen MR) is 135 cm³/mol. The van der Waals surface area contributed by atoms with Crippen LogP contribution in [0.2, 0.25) is 0 Å². The minimum Gasteiger partial charge on any atom is -0.378 e. The van der Waals surface area contributed by atoms with Crippen molar-refractivity contribution in [2.45, 2.75) is 50.2 Å². The number of anilines is 2. The van der Waals surface area contributed by atoms with Crippen LogP contribution in [-0.2, 0) is 0 Å². The molecule has 0 bridgehead atoms. The molecular formula is C26H31N5S. The molecule has 0 spiro atoms. The zero-order valence-electron chi connectivity index (χ0n) is 18.8. The fourth-order valence-corrected chi connectivity index (χ4v) is 5.44. The lowest BCUT2D eigenvalue weighted by molar-refractivity contribution is 0.353. The van der Waals surface area contributed by atoms with E-state index in [0.717, 1.165) is 16.5 Å². The molecule has 1 aromatic carbocycles. The van der Waals surface area contributed by atoms with E-state index in [-0.39, 0.29) is 12.1 Å². The van der Waals surface area contributed by atoms with E-state index < -0.39 is 0 Å². The fourth-order valence-electron chi connectivity index (χ4n) is 5.09. The van der Waals surface area contributed by atoms with Gasteiger partial charge in [0.15, 0.2) is 5.11 Å². The highest BCUT2D eigenvalue weighted by atomic mass is 32.1. The molecule has 6 heteroatoms. The maximum atomic E-state index is 5.86. The number of thiocarbonyl (C=S) groups is 1. The standard InChI is InChI=1S/C26H31N5S/c1-29(2)20-11-13-22(14-12-20)31-25(24(28-26(31)32)23-10-6-7-16-27-23)19-15-17-30(18-19)21-8-4-3-5-9-21/h6-7,10-18,21,24-25H,3-5,8-9H2,1-2H3,(H,28,32)/t24-,25-/m0/s1. The Bertz CT molecular complexity index is 1050. The van der Waals surface area contributed by atoms with Crippen molar-refractivity contribution in [3.63, 3.8) is 0 Å². The lowest BCUT2D eigenvalue weighted by atomic mass is 9.95. The smallest absolute Gasteiger partial charge is 0.174 e. The molecule has 2 fully saturated rings. The molecule has 1 saturated carbocycles. The van der Waals surface area contributed by atoms with Crippen LogP contribution in [0.3, 0.4) is 0 Å². The third kappa shape index (κ3) is 3.99. The fraction of sp³-hybridized carbons (Fsp3) is 0.385. The average molecular weight is 446 g/mol. The summed E-state index contributed by atoms with van der Waals surface area (Å²) in [7, 11) is 4.12. The van der Waals surface area contributed by atoms with Crippen LogP contribution in [-0.4, -0.2) is 28.8 Å². The highest BCUT2D eigenvalue weighted by Gasteiger charge is 2.41. The van der Waals surface area contributed by atoms with Crippen molar-refractivity contribution in [2.75, 3.05) is 23.9 Å². The summed E-state index contributed by atoms with van der Waals surface area (Å²) in [5.74, 6) is 0. The van der Waals surface area contributed by atoms with Gasteiger partial charge in [-0.2, -0.15) is 0 Å². The monoisotopic (exact) mass is 445 g/mol. The van der Waals surface area contributed by atoms with Gasteiger partial charge in [0.25, 0.3) is 0 Å². The van der Waals surface area contributed by atoms with Gasteiger partial charge < -0.3 is 19.7 Å². The molecule has 5 rings (SSSR count). The second-order valence-electron chi connectivity index (χ2n) is 9.09. The number of hydrogen-bond donors (Lipinski definition) is 1. The van der Waals surface area contributed by atoms with E-state index in [1.54, 1.807) is 0 Å². The van der Waals surface area contributed by atoms with Crippen LogP contribution in [0, 0.1) is 0 Å². The van der Waals surface area contributed by atoms with Crippen LogP contribution in [0.15, 0.2) is 67.1 Å². The highest BCUT2D eigenvalue weighted by molar-refractivity contribution is 7.80. The normalized spacial score (nSPS) is 21.6. The molecular weight excluding hydrogens is 414 g/mol. The van der Waals surface area contributed by atoms with Crippen LogP contribution in [0.5, 0.6) is 0 Å². The van der Waals surface area contributed by atoms with Crippen LogP contribution in [0.4, 0.5) is 11.4 Å². The number of nitrogens with one attached hydrogen (secondary N) is 1. The molecule has 2 aliphatic rings. The summed E-state index contributed by atoms with van der Waals surface area (Å²) in [5.41, 5.74) is 4.56. The van der Waals surface area contributed by atoms with Gasteiger partial charge in [-0.05, 0) is 73.1 Å². The molecule has 1 saturated heterocycles. The summed E-state index contributed by atoms with van der Waals surface area (Å²) in [5, 5.41) is 4.31. The molecule has 0 radical (unpaired) electrons.